The molecule has 4 rings (SSSR count). The number of hydrogen-bond acceptors (Lipinski definition) is 4. The maximum Gasteiger partial charge on any atom is 0.330 e. The van der Waals surface area contributed by atoms with E-state index >= 15 is 0 Å². The molecule has 1 aromatic heterocycles. The van der Waals surface area contributed by atoms with Gasteiger partial charge in [-0.1, -0.05) is 66.7 Å². The Kier molecular flexibility index (Phi) is 7.20. The minimum Gasteiger partial charge on any atom is -0.466 e. The zero-order chi connectivity index (χ0) is 23.0. The molecule has 0 saturated carbocycles. The van der Waals surface area contributed by atoms with Gasteiger partial charge >= 0.3 is 5.97 Å². The van der Waals surface area contributed by atoms with E-state index in [0.29, 0.717) is 30.9 Å². The average Bonchev–Trinajstić information content (AvgIpc) is 3.29. The van der Waals surface area contributed by atoms with Crippen LogP contribution in [-0.2, 0) is 16.0 Å². The van der Waals surface area contributed by atoms with Gasteiger partial charge in [-0.15, -0.1) is 0 Å². The number of rotatable bonds is 9. The SMILES string of the molecule is COC(=O)C=CCCCN(CCc1cccc2ccccc12)C(=O)c1cc2ccccc2o1. The first-order chi connectivity index (χ1) is 16.2. The number of fused-ring (bicyclic) bond motifs is 2. The third-order valence-electron chi connectivity index (χ3n) is 5.71. The number of furan rings is 1. The molecule has 0 bridgehead atoms. The molecule has 0 radical (unpaired) electrons. The van der Waals surface area contributed by atoms with Crippen molar-refractivity contribution in [3.05, 3.63) is 96.3 Å². The number of para-hydroxylation sites is 1. The lowest BCUT2D eigenvalue weighted by atomic mass is 10.0. The summed E-state index contributed by atoms with van der Waals surface area (Å²) in [4.78, 5) is 26.5. The van der Waals surface area contributed by atoms with Crippen LogP contribution in [0.4, 0.5) is 0 Å². The lowest BCUT2D eigenvalue weighted by Crippen LogP contribution is -2.33. The summed E-state index contributed by atoms with van der Waals surface area (Å²) in [6.07, 6.45) is 5.34. The van der Waals surface area contributed by atoms with Gasteiger partial charge in [0.25, 0.3) is 5.91 Å². The van der Waals surface area contributed by atoms with Crippen LogP contribution in [0.25, 0.3) is 21.7 Å². The molecule has 0 atom stereocenters. The summed E-state index contributed by atoms with van der Waals surface area (Å²) in [5.41, 5.74) is 1.91. The minimum absolute atomic E-state index is 0.122. The maximum atomic E-state index is 13.4. The molecule has 1 amide bonds. The Bertz CT molecular complexity index is 1250. The van der Waals surface area contributed by atoms with E-state index in [-0.39, 0.29) is 11.9 Å². The average molecular weight is 442 g/mol. The van der Waals surface area contributed by atoms with Gasteiger partial charge in [-0.05, 0) is 47.7 Å². The summed E-state index contributed by atoms with van der Waals surface area (Å²) >= 11 is 0. The molecule has 0 aliphatic rings. The molecule has 0 aliphatic heterocycles. The fourth-order valence-corrected chi connectivity index (χ4v) is 3.97. The van der Waals surface area contributed by atoms with Crippen molar-refractivity contribution in [3.8, 4) is 0 Å². The van der Waals surface area contributed by atoms with Crippen LogP contribution in [0.5, 0.6) is 0 Å². The molecular formula is C28H27NO4. The summed E-state index contributed by atoms with van der Waals surface area (Å²) in [5, 5.41) is 3.31. The highest BCUT2D eigenvalue weighted by atomic mass is 16.5. The lowest BCUT2D eigenvalue weighted by Gasteiger charge is -2.22. The van der Waals surface area contributed by atoms with E-state index in [2.05, 4.69) is 35.1 Å². The largest absolute Gasteiger partial charge is 0.466 e. The van der Waals surface area contributed by atoms with Crippen molar-refractivity contribution in [2.24, 2.45) is 0 Å². The number of allylic oxidation sites excluding steroid dienone is 1. The van der Waals surface area contributed by atoms with Gasteiger partial charge in [-0.2, -0.15) is 0 Å². The number of hydrogen-bond donors (Lipinski definition) is 0. The van der Waals surface area contributed by atoms with Crippen LogP contribution in [0.15, 0.2) is 89.4 Å². The number of ether oxygens (including phenoxy) is 1. The highest BCUT2D eigenvalue weighted by Crippen LogP contribution is 2.22. The Morgan fingerprint density at radius 2 is 1.70 bits per heavy atom. The van der Waals surface area contributed by atoms with E-state index in [1.165, 1.54) is 29.5 Å². The molecular weight excluding hydrogens is 414 g/mol. The fraction of sp³-hybridized carbons (Fsp3) is 0.214. The number of unbranched alkanes of at least 4 members (excludes halogenated alkanes) is 1. The number of amides is 1. The van der Waals surface area contributed by atoms with Crippen LogP contribution in [-0.4, -0.2) is 37.0 Å². The van der Waals surface area contributed by atoms with Crippen LogP contribution in [0.3, 0.4) is 0 Å². The predicted octanol–water partition coefficient (Wildman–Crippen LogP) is 5.78. The van der Waals surface area contributed by atoms with E-state index in [1.807, 2.05) is 41.3 Å². The quantitative estimate of drug-likeness (QED) is 0.188. The molecule has 0 N–H and O–H groups in total. The molecule has 168 valence electrons. The van der Waals surface area contributed by atoms with Crippen molar-refractivity contribution < 1.29 is 18.7 Å². The second kappa shape index (κ2) is 10.6. The molecule has 5 nitrogen and oxygen atoms in total. The summed E-state index contributed by atoms with van der Waals surface area (Å²) in [5.74, 6) is -0.149. The van der Waals surface area contributed by atoms with Gasteiger partial charge in [-0.3, -0.25) is 4.79 Å². The summed E-state index contributed by atoms with van der Waals surface area (Å²) in [6, 6.07) is 24.0. The first-order valence-corrected chi connectivity index (χ1v) is 11.1. The third kappa shape index (κ3) is 5.50. The van der Waals surface area contributed by atoms with Crippen LogP contribution in [0, 0.1) is 0 Å². The smallest absolute Gasteiger partial charge is 0.330 e. The number of carbonyl (C=O) groups is 2. The Balaban J connectivity index is 1.50. The van der Waals surface area contributed by atoms with E-state index < -0.39 is 0 Å². The summed E-state index contributed by atoms with van der Waals surface area (Å²) in [6.45, 7) is 1.14. The van der Waals surface area contributed by atoms with Crippen LogP contribution in [0.1, 0.15) is 29.0 Å². The molecule has 1 heterocycles. The van der Waals surface area contributed by atoms with Crippen LogP contribution >= 0.6 is 0 Å². The summed E-state index contributed by atoms with van der Waals surface area (Å²) < 4.78 is 10.5. The van der Waals surface area contributed by atoms with Gasteiger partial charge in [0.05, 0.1) is 7.11 Å². The Hall–Kier alpha value is -3.86. The van der Waals surface area contributed by atoms with Gasteiger partial charge < -0.3 is 14.1 Å². The zero-order valence-electron chi connectivity index (χ0n) is 18.7. The van der Waals surface area contributed by atoms with E-state index in [4.69, 9.17) is 4.42 Å². The molecule has 33 heavy (non-hydrogen) atoms. The first kappa shape index (κ1) is 22.3. The molecule has 4 aromatic rings. The van der Waals surface area contributed by atoms with Crippen LogP contribution < -0.4 is 0 Å². The number of esters is 1. The normalized spacial score (nSPS) is 11.3. The Morgan fingerprint density at radius 1 is 0.939 bits per heavy atom. The van der Waals surface area contributed by atoms with Crippen molar-refractivity contribution >= 4 is 33.6 Å². The lowest BCUT2D eigenvalue weighted by molar-refractivity contribution is -0.134. The number of methoxy groups -OCH3 is 1. The number of nitrogens with zero attached hydrogens (tertiary/aromatic N) is 1. The fourth-order valence-electron chi connectivity index (χ4n) is 3.97. The molecule has 0 unspecified atom stereocenters. The highest BCUT2D eigenvalue weighted by molar-refractivity contribution is 5.96. The van der Waals surface area contributed by atoms with Gasteiger partial charge in [-0.25, -0.2) is 4.79 Å². The van der Waals surface area contributed by atoms with Crippen molar-refractivity contribution in [3.63, 3.8) is 0 Å². The second-order valence-corrected chi connectivity index (χ2v) is 7.90. The van der Waals surface area contributed by atoms with Crippen LogP contribution in [0.2, 0.25) is 0 Å². The standard InChI is InChI=1S/C28H27NO4/c1-32-27(30)16-3-2-8-18-29(28(31)26-20-23-11-5-7-15-25(23)33-26)19-17-22-13-9-12-21-10-4-6-14-24(21)22/h3-7,9-16,20H,2,8,17-19H2,1H3. The molecule has 0 saturated heterocycles. The van der Waals surface area contributed by atoms with Crippen molar-refractivity contribution in [2.75, 3.05) is 20.2 Å². The third-order valence-corrected chi connectivity index (χ3v) is 5.71. The Morgan fingerprint density at radius 3 is 2.52 bits per heavy atom. The number of carbonyl (C=O) groups excluding carboxylic acids is 2. The molecule has 0 spiro atoms. The molecule has 5 heteroatoms. The van der Waals surface area contributed by atoms with Crippen molar-refractivity contribution in [1.29, 1.82) is 0 Å². The molecule has 0 fully saturated rings. The van der Waals surface area contributed by atoms with Gasteiger partial charge in [0.1, 0.15) is 5.58 Å². The predicted molar refractivity (Wildman–Crippen MR) is 130 cm³/mol. The Labute approximate surface area is 193 Å². The molecule has 0 aliphatic carbocycles. The summed E-state index contributed by atoms with van der Waals surface area (Å²) in [7, 11) is 1.35. The minimum atomic E-state index is -0.374. The van der Waals surface area contributed by atoms with Gasteiger partial charge in [0.15, 0.2) is 5.76 Å². The number of benzene rings is 3. The van der Waals surface area contributed by atoms with E-state index in [1.54, 1.807) is 12.1 Å². The topological polar surface area (TPSA) is 59.8 Å². The van der Waals surface area contributed by atoms with E-state index in [9.17, 15) is 9.59 Å². The maximum absolute atomic E-state index is 13.4. The van der Waals surface area contributed by atoms with E-state index in [0.717, 1.165) is 18.2 Å². The molecule has 3 aromatic carbocycles. The second-order valence-electron chi connectivity index (χ2n) is 7.90. The van der Waals surface area contributed by atoms with Gasteiger partial charge in [0, 0.05) is 24.6 Å². The van der Waals surface area contributed by atoms with Crippen molar-refractivity contribution in [2.45, 2.75) is 19.3 Å². The van der Waals surface area contributed by atoms with Gasteiger partial charge in [0.2, 0.25) is 0 Å². The highest BCUT2D eigenvalue weighted by Gasteiger charge is 2.20. The monoisotopic (exact) mass is 441 g/mol. The zero-order valence-corrected chi connectivity index (χ0v) is 18.7. The first-order valence-electron chi connectivity index (χ1n) is 11.1. The van der Waals surface area contributed by atoms with Crippen molar-refractivity contribution in [1.82, 2.24) is 4.90 Å².